The van der Waals surface area contributed by atoms with E-state index in [1.165, 1.54) is 0 Å². The Hall–Kier alpha value is -2.78. The van der Waals surface area contributed by atoms with Gasteiger partial charge in [-0.3, -0.25) is 14.9 Å². The standard InChI is InChI=1S/C15H14F3N3O4/c1-14(2)6-11(22)13(12(23)7-14)20-19-9-4-3-8(15(16,17)18)5-10(9)21(24)25/h3-5,22H,6-7H2,1-2H3. The molecule has 25 heavy (non-hydrogen) atoms. The van der Waals surface area contributed by atoms with Crippen molar-refractivity contribution in [1.29, 1.82) is 0 Å². The predicted molar refractivity (Wildman–Crippen MR) is 80.3 cm³/mol. The number of aliphatic hydroxyl groups excluding tert-OH is 1. The number of halogens is 3. The lowest BCUT2D eigenvalue weighted by atomic mass is 9.78. The third kappa shape index (κ3) is 4.20. The van der Waals surface area contributed by atoms with Crippen molar-refractivity contribution in [3.05, 3.63) is 45.3 Å². The van der Waals surface area contributed by atoms with Crippen molar-refractivity contribution in [3.63, 3.8) is 0 Å². The summed E-state index contributed by atoms with van der Waals surface area (Å²) in [7, 11) is 0. The average molecular weight is 357 g/mol. The molecule has 0 aromatic heterocycles. The maximum absolute atomic E-state index is 12.7. The van der Waals surface area contributed by atoms with Crippen LogP contribution in [0, 0.1) is 15.5 Å². The average Bonchev–Trinajstić information content (AvgIpc) is 2.43. The minimum absolute atomic E-state index is 0.0977. The van der Waals surface area contributed by atoms with Crippen LogP contribution in [0.2, 0.25) is 0 Å². The van der Waals surface area contributed by atoms with Crippen molar-refractivity contribution >= 4 is 17.2 Å². The molecule has 0 spiro atoms. The van der Waals surface area contributed by atoms with E-state index < -0.39 is 39.2 Å². The van der Waals surface area contributed by atoms with Crippen molar-refractivity contribution in [3.8, 4) is 0 Å². The second kappa shape index (κ2) is 6.26. The molecular weight excluding hydrogens is 343 g/mol. The van der Waals surface area contributed by atoms with E-state index in [0.717, 1.165) is 6.07 Å². The molecule has 0 fully saturated rings. The Bertz CT molecular complexity index is 798. The number of carbonyl (C=O) groups is 1. The van der Waals surface area contributed by atoms with Gasteiger partial charge in [-0.05, 0) is 17.5 Å². The lowest BCUT2D eigenvalue weighted by Gasteiger charge is -2.27. The molecule has 1 aromatic rings. The van der Waals surface area contributed by atoms with Gasteiger partial charge in [0.2, 0.25) is 0 Å². The summed E-state index contributed by atoms with van der Waals surface area (Å²) in [5, 5.41) is 27.9. The molecule has 0 atom stereocenters. The van der Waals surface area contributed by atoms with Crippen molar-refractivity contribution in [1.82, 2.24) is 0 Å². The van der Waals surface area contributed by atoms with Gasteiger partial charge in [0.25, 0.3) is 5.69 Å². The summed E-state index contributed by atoms with van der Waals surface area (Å²) >= 11 is 0. The molecule has 134 valence electrons. The first kappa shape index (κ1) is 18.6. The first-order valence-electron chi connectivity index (χ1n) is 7.13. The summed E-state index contributed by atoms with van der Waals surface area (Å²) in [6.45, 7) is 3.55. The molecule has 1 N–H and O–H groups in total. The number of rotatable bonds is 3. The Morgan fingerprint density at radius 3 is 2.40 bits per heavy atom. The van der Waals surface area contributed by atoms with E-state index in [-0.39, 0.29) is 24.3 Å². The molecule has 2 rings (SSSR count). The number of alkyl halides is 3. The third-order valence-corrected chi connectivity index (χ3v) is 3.58. The molecule has 0 saturated carbocycles. The number of azo groups is 1. The summed E-state index contributed by atoms with van der Waals surface area (Å²) in [5.41, 5.74) is -3.34. The van der Waals surface area contributed by atoms with Gasteiger partial charge in [0, 0.05) is 18.9 Å². The molecule has 10 heteroatoms. The van der Waals surface area contributed by atoms with Crippen LogP contribution < -0.4 is 0 Å². The van der Waals surface area contributed by atoms with Gasteiger partial charge in [-0.1, -0.05) is 13.8 Å². The van der Waals surface area contributed by atoms with E-state index in [0.29, 0.717) is 12.1 Å². The topological polar surface area (TPSA) is 105 Å². The van der Waals surface area contributed by atoms with E-state index in [2.05, 4.69) is 10.2 Å². The molecule has 1 aliphatic rings. The zero-order valence-electron chi connectivity index (χ0n) is 13.3. The fraction of sp³-hybridized carbons (Fsp3) is 0.400. The van der Waals surface area contributed by atoms with Crippen LogP contribution in [0.15, 0.2) is 39.9 Å². The second-order valence-electron chi connectivity index (χ2n) is 6.39. The highest BCUT2D eigenvalue weighted by molar-refractivity contribution is 5.96. The van der Waals surface area contributed by atoms with E-state index in [9.17, 15) is 33.2 Å². The Balaban J connectivity index is 2.42. The second-order valence-corrected chi connectivity index (χ2v) is 6.39. The predicted octanol–water partition coefficient (Wildman–Crippen LogP) is 4.86. The number of benzene rings is 1. The number of nitro groups is 1. The summed E-state index contributed by atoms with van der Waals surface area (Å²) in [6, 6.07) is 1.76. The van der Waals surface area contributed by atoms with Gasteiger partial charge in [0.15, 0.2) is 17.2 Å². The van der Waals surface area contributed by atoms with Crippen LogP contribution in [0.3, 0.4) is 0 Å². The van der Waals surface area contributed by atoms with E-state index in [1.54, 1.807) is 13.8 Å². The molecule has 0 amide bonds. The van der Waals surface area contributed by atoms with Gasteiger partial charge >= 0.3 is 6.18 Å². The Kier molecular flexibility index (Phi) is 4.65. The van der Waals surface area contributed by atoms with Crippen LogP contribution >= 0.6 is 0 Å². The Morgan fingerprint density at radius 1 is 1.24 bits per heavy atom. The molecular formula is C15H14F3N3O4. The van der Waals surface area contributed by atoms with Crippen molar-refractivity contribution in [2.24, 2.45) is 15.6 Å². The van der Waals surface area contributed by atoms with Crippen molar-refractivity contribution < 1.29 is 28.0 Å². The number of carbonyl (C=O) groups excluding carboxylic acids is 1. The SMILES string of the molecule is CC1(C)CC(=O)C(N=Nc2ccc(C(F)(F)F)cc2[N+](=O)[O-])=C(O)C1. The molecule has 0 heterocycles. The molecule has 1 aromatic carbocycles. The first-order chi connectivity index (χ1) is 11.4. The summed E-state index contributed by atoms with van der Waals surface area (Å²) in [5.74, 6) is -0.799. The van der Waals surface area contributed by atoms with Crippen LogP contribution in [0.5, 0.6) is 0 Å². The number of nitro benzene ring substituents is 1. The first-order valence-corrected chi connectivity index (χ1v) is 7.13. The number of hydrogen-bond donors (Lipinski definition) is 1. The highest BCUT2D eigenvalue weighted by Gasteiger charge is 2.34. The lowest BCUT2D eigenvalue weighted by Crippen LogP contribution is -2.25. The number of nitrogens with zero attached hydrogens (tertiary/aromatic N) is 3. The van der Waals surface area contributed by atoms with Crippen LogP contribution in [-0.4, -0.2) is 15.8 Å². The summed E-state index contributed by atoms with van der Waals surface area (Å²) in [4.78, 5) is 21.9. The largest absolute Gasteiger partial charge is 0.510 e. The number of ketones is 1. The minimum atomic E-state index is -4.74. The Morgan fingerprint density at radius 2 is 1.88 bits per heavy atom. The third-order valence-electron chi connectivity index (χ3n) is 3.58. The maximum atomic E-state index is 12.7. The van der Waals surface area contributed by atoms with Crippen LogP contribution in [0.4, 0.5) is 24.5 Å². The molecule has 0 aliphatic heterocycles. The fourth-order valence-corrected chi connectivity index (χ4v) is 2.43. The number of Topliss-reactive ketones (excluding diaryl/α,β-unsaturated/α-hetero) is 1. The highest BCUT2D eigenvalue weighted by Crippen LogP contribution is 2.38. The van der Waals surface area contributed by atoms with Gasteiger partial charge < -0.3 is 5.11 Å². The van der Waals surface area contributed by atoms with Crippen molar-refractivity contribution in [2.75, 3.05) is 0 Å². The Labute approximate surface area is 140 Å². The van der Waals surface area contributed by atoms with Gasteiger partial charge in [0.05, 0.1) is 10.5 Å². The van der Waals surface area contributed by atoms with Gasteiger partial charge in [-0.2, -0.15) is 13.2 Å². The molecule has 7 nitrogen and oxygen atoms in total. The van der Waals surface area contributed by atoms with Crippen LogP contribution in [0.1, 0.15) is 32.3 Å². The normalized spacial score (nSPS) is 18.0. The van der Waals surface area contributed by atoms with Crippen LogP contribution in [0.25, 0.3) is 0 Å². The molecule has 0 unspecified atom stereocenters. The van der Waals surface area contributed by atoms with E-state index in [1.807, 2.05) is 0 Å². The number of allylic oxidation sites excluding steroid dienone is 2. The maximum Gasteiger partial charge on any atom is 0.416 e. The molecule has 1 aliphatic carbocycles. The van der Waals surface area contributed by atoms with Crippen LogP contribution in [-0.2, 0) is 11.0 Å². The quantitative estimate of drug-likeness (QED) is 0.474. The monoisotopic (exact) mass is 357 g/mol. The number of hydrogen-bond acceptors (Lipinski definition) is 6. The molecule has 0 bridgehead atoms. The van der Waals surface area contributed by atoms with Gasteiger partial charge in [0.1, 0.15) is 5.76 Å². The van der Waals surface area contributed by atoms with Gasteiger partial charge in [-0.25, -0.2) is 0 Å². The smallest absolute Gasteiger partial charge is 0.416 e. The zero-order valence-corrected chi connectivity index (χ0v) is 13.3. The summed E-state index contributed by atoms with van der Waals surface area (Å²) in [6.07, 6.45) is -4.48. The molecule has 0 saturated heterocycles. The van der Waals surface area contributed by atoms with E-state index in [4.69, 9.17) is 0 Å². The minimum Gasteiger partial charge on any atom is -0.510 e. The summed E-state index contributed by atoms with van der Waals surface area (Å²) < 4.78 is 38.0. The highest BCUT2D eigenvalue weighted by atomic mass is 19.4. The fourth-order valence-electron chi connectivity index (χ4n) is 2.43. The van der Waals surface area contributed by atoms with Gasteiger partial charge in [-0.15, -0.1) is 10.2 Å². The zero-order chi connectivity index (χ0) is 19.0. The molecule has 0 radical (unpaired) electrons. The van der Waals surface area contributed by atoms with Crippen molar-refractivity contribution in [2.45, 2.75) is 32.9 Å². The number of aliphatic hydroxyl groups is 1. The lowest BCUT2D eigenvalue weighted by molar-refractivity contribution is -0.384. The van der Waals surface area contributed by atoms with E-state index >= 15 is 0 Å².